The molecule has 0 saturated heterocycles. The number of amides is 1. The number of hydrogen-bond donors (Lipinski definition) is 0. The molecule has 3 rings (SSSR count). The molecule has 0 aromatic heterocycles. The molecule has 31 heavy (non-hydrogen) atoms. The third kappa shape index (κ3) is 5.35. The zero-order valence-corrected chi connectivity index (χ0v) is 20.3. The highest BCUT2D eigenvalue weighted by Crippen LogP contribution is 2.43. The molecular weight excluding hydrogens is 410 g/mol. The minimum atomic E-state index is -0.244. The Kier molecular flexibility index (Phi) is 7.20. The van der Waals surface area contributed by atoms with Crippen molar-refractivity contribution in [1.82, 2.24) is 4.90 Å². The highest BCUT2D eigenvalue weighted by atomic mass is 35.5. The van der Waals surface area contributed by atoms with Crippen LogP contribution in [0.5, 0.6) is 11.5 Å². The second-order valence-electron chi connectivity index (χ2n) is 9.74. The molecule has 2 atom stereocenters. The molecule has 168 valence electrons. The van der Waals surface area contributed by atoms with E-state index in [2.05, 4.69) is 27.7 Å². The van der Waals surface area contributed by atoms with Gasteiger partial charge in [0.2, 0.25) is 5.91 Å². The standard InChI is InChI=1S/C26H34ClNO3/c1-17(16-26(2,3)4)13-24(29)28-12-11-18-14-22(30-5)23(31-6)15-20(18)25(28)19-9-7-8-10-21(19)27/h7-10,14-15,17,25H,11-13,16H2,1-6H3/t17-,25-/m0/s1. The van der Waals surface area contributed by atoms with Gasteiger partial charge in [0.25, 0.3) is 0 Å². The summed E-state index contributed by atoms with van der Waals surface area (Å²) >= 11 is 6.63. The Morgan fingerprint density at radius 3 is 2.39 bits per heavy atom. The van der Waals surface area contributed by atoms with Crippen molar-refractivity contribution in [2.75, 3.05) is 20.8 Å². The van der Waals surface area contributed by atoms with Crippen LogP contribution in [0.4, 0.5) is 0 Å². The third-order valence-corrected chi connectivity index (χ3v) is 6.22. The van der Waals surface area contributed by atoms with Crippen LogP contribution in [-0.4, -0.2) is 31.6 Å². The second kappa shape index (κ2) is 9.52. The molecule has 0 fully saturated rings. The Hall–Kier alpha value is -2.20. The maximum absolute atomic E-state index is 13.5. The summed E-state index contributed by atoms with van der Waals surface area (Å²) < 4.78 is 11.1. The number of hydrogen-bond acceptors (Lipinski definition) is 3. The summed E-state index contributed by atoms with van der Waals surface area (Å²) in [6.45, 7) is 9.48. The molecular formula is C26H34ClNO3. The minimum absolute atomic E-state index is 0.169. The number of ether oxygens (including phenoxy) is 2. The van der Waals surface area contributed by atoms with Gasteiger partial charge in [0.1, 0.15) is 0 Å². The molecule has 0 radical (unpaired) electrons. The lowest BCUT2D eigenvalue weighted by Gasteiger charge is -2.39. The van der Waals surface area contributed by atoms with E-state index in [9.17, 15) is 4.79 Å². The fraction of sp³-hybridized carbons (Fsp3) is 0.500. The van der Waals surface area contributed by atoms with Crippen molar-refractivity contribution in [2.45, 2.75) is 53.0 Å². The van der Waals surface area contributed by atoms with Crippen molar-refractivity contribution in [3.05, 3.63) is 58.1 Å². The number of methoxy groups -OCH3 is 2. The Bertz CT molecular complexity index is 935. The van der Waals surface area contributed by atoms with Gasteiger partial charge in [-0.2, -0.15) is 0 Å². The zero-order chi connectivity index (χ0) is 22.8. The first-order valence-corrected chi connectivity index (χ1v) is 11.3. The van der Waals surface area contributed by atoms with Gasteiger partial charge < -0.3 is 14.4 Å². The van der Waals surface area contributed by atoms with Gasteiger partial charge in [-0.3, -0.25) is 4.79 Å². The highest BCUT2D eigenvalue weighted by Gasteiger charge is 2.35. The van der Waals surface area contributed by atoms with Crippen molar-refractivity contribution >= 4 is 17.5 Å². The molecule has 5 heteroatoms. The van der Waals surface area contributed by atoms with Crippen molar-refractivity contribution in [1.29, 1.82) is 0 Å². The fourth-order valence-electron chi connectivity index (χ4n) is 4.78. The Balaban J connectivity index is 2.02. The normalized spacial score (nSPS) is 17.1. The van der Waals surface area contributed by atoms with Gasteiger partial charge in [-0.1, -0.05) is 57.5 Å². The maximum Gasteiger partial charge on any atom is 0.223 e. The van der Waals surface area contributed by atoms with Crippen LogP contribution in [0.2, 0.25) is 5.02 Å². The van der Waals surface area contributed by atoms with Crippen molar-refractivity contribution < 1.29 is 14.3 Å². The van der Waals surface area contributed by atoms with Gasteiger partial charge in [0.15, 0.2) is 11.5 Å². The predicted molar refractivity (Wildman–Crippen MR) is 126 cm³/mol. The number of fused-ring (bicyclic) bond motifs is 1. The van der Waals surface area contributed by atoms with Gasteiger partial charge in [-0.15, -0.1) is 0 Å². The average Bonchev–Trinajstić information content (AvgIpc) is 2.70. The Labute approximate surface area is 191 Å². The van der Waals surface area contributed by atoms with E-state index in [1.54, 1.807) is 14.2 Å². The molecule has 1 heterocycles. The molecule has 2 aromatic rings. The molecule has 2 aromatic carbocycles. The van der Waals surface area contributed by atoms with Crippen LogP contribution >= 0.6 is 11.6 Å². The summed E-state index contributed by atoms with van der Waals surface area (Å²) in [6.07, 6.45) is 2.31. The Morgan fingerprint density at radius 2 is 1.77 bits per heavy atom. The SMILES string of the molecule is COc1cc2c(cc1OC)[C@H](c1ccccc1Cl)N(C(=O)C[C@H](C)CC(C)(C)C)CC2. The molecule has 1 amide bonds. The van der Waals surface area contributed by atoms with E-state index in [1.165, 1.54) is 0 Å². The minimum Gasteiger partial charge on any atom is -0.493 e. The van der Waals surface area contributed by atoms with Gasteiger partial charge >= 0.3 is 0 Å². The molecule has 1 aliphatic heterocycles. The first-order valence-electron chi connectivity index (χ1n) is 10.9. The first-order chi connectivity index (χ1) is 14.6. The van der Waals surface area contributed by atoms with Crippen molar-refractivity contribution in [3.8, 4) is 11.5 Å². The topological polar surface area (TPSA) is 38.8 Å². The van der Waals surface area contributed by atoms with Crippen LogP contribution in [0.3, 0.4) is 0 Å². The van der Waals surface area contributed by atoms with Gasteiger partial charge in [-0.05, 0) is 59.1 Å². The van der Waals surface area contributed by atoms with E-state index in [-0.39, 0.29) is 17.4 Å². The summed E-state index contributed by atoms with van der Waals surface area (Å²) in [6, 6.07) is 11.6. The monoisotopic (exact) mass is 443 g/mol. The van der Waals surface area contributed by atoms with E-state index in [0.717, 1.165) is 29.5 Å². The number of rotatable bonds is 6. The number of halogens is 1. The smallest absolute Gasteiger partial charge is 0.223 e. The lowest BCUT2D eigenvalue weighted by atomic mass is 9.83. The van der Waals surface area contributed by atoms with Gasteiger partial charge in [0.05, 0.1) is 20.3 Å². The highest BCUT2D eigenvalue weighted by molar-refractivity contribution is 6.31. The predicted octanol–water partition coefficient (Wildman–Crippen LogP) is 6.29. The van der Waals surface area contributed by atoms with Gasteiger partial charge in [0, 0.05) is 18.0 Å². The fourth-order valence-corrected chi connectivity index (χ4v) is 5.02. The zero-order valence-electron chi connectivity index (χ0n) is 19.5. The number of carbonyl (C=O) groups excluding carboxylic acids is 1. The van der Waals surface area contributed by atoms with Crippen LogP contribution in [0.1, 0.15) is 63.3 Å². The quantitative estimate of drug-likeness (QED) is 0.526. The van der Waals surface area contributed by atoms with Crippen LogP contribution in [0.25, 0.3) is 0 Å². The maximum atomic E-state index is 13.5. The summed E-state index contributed by atoms with van der Waals surface area (Å²) in [7, 11) is 3.28. The lowest BCUT2D eigenvalue weighted by molar-refractivity contribution is -0.134. The molecule has 0 spiro atoms. The van der Waals surface area contributed by atoms with Crippen molar-refractivity contribution in [2.24, 2.45) is 11.3 Å². The Morgan fingerprint density at radius 1 is 1.13 bits per heavy atom. The molecule has 0 N–H and O–H groups in total. The largest absolute Gasteiger partial charge is 0.493 e. The summed E-state index contributed by atoms with van der Waals surface area (Å²) in [5.41, 5.74) is 3.35. The third-order valence-electron chi connectivity index (χ3n) is 5.88. The van der Waals surface area contributed by atoms with E-state index < -0.39 is 0 Å². The molecule has 0 bridgehead atoms. The van der Waals surface area contributed by atoms with E-state index in [4.69, 9.17) is 21.1 Å². The first kappa shape index (κ1) is 23.5. The van der Waals surface area contributed by atoms with E-state index in [0.29, 0.717) is 35.4 Å². The number of carbonyl (C=O) groups is 1. The second-order valence-corrected chi connectivity index (χ2v) is 10.1. The lowest BCUT2D eigenvalue weighted by Crippen LogP contribution is -2.41. The average molecular weight is 444 g/mol. The molecule has 0 saturated carbocycles. The van der Waals surface area contributed by atoms with Crippen LogP contribution in [0.15, 0.2) is 36.4 Å². The molecule has 4 nitrogen and oxygen atoms in total. The van der Waals surface area contributed by atoms with Crippen molar-refractivity contribution in [3.63, 3.8) is 0 Å². The summed E-state index contributed by atoms with van der Waals surface area (Å²) in [4.78, 5) is 15.5. The van der Waals surface area contributed by atoms with E-state index in [1.807, 2.05) is 41.3 Å². The molecule has 1 aliphatic rings. The van der Waals surface area contributed by atoms with Crippen LogP contribution in [0, 0.1) is 11.3 Å². The molecule has 0 aliphatic carbocycles. The van der Waals surface area contributed by atoms with Crippen LogP contribution in [-0.2, 0) is 11.2 Å². The number of nitrogens with zero attached hydrogens (tertiary/aromatic N) is 1. The summed E-state index contributed by atoms with van der Waals surface area (Å²) in [5.74, 6) is 1.85. The number of benzene rings is 2. The van der Waals surface area contributed by atoms with E-state index >= 15 is 0 Å². The molecule has 0 unspecified atom stereocenters. The van der Waals surface area contributed by atoms with Gasteiger partial charge in [-0.25, -0.2) is 0 Å². The summed E-state index contributed by atoms with van der Waals surface area (Å²) in [5, 5.41) is 0.663. The van der Waals surface area contributed by atoms with Crippen LogP contribution < -0.4 is 9.47 Å².